The third-order valence-corrected chi connectivity index (χ3v) is 3.59. The molecule has 19 heavy (non-hydrogen) atoms. The van der Waals surface area contributed by atoms with Crippen molar-refractivity contribution in [3.8, 4) is 0 Å². The third kappa shape index (κ3) is 1.80. The lowest BCUT2D eigenvalue weighted by molar-refractivity contribution is 0.219. The van der Waals surface area contributed by atoms with Gasteiger partial charge < -0.3 is 14.6 Å². The first-order chi connectivity index (χ1) is 9.10. The van der Waals surface area contributed by atoms with Crippen LogP contribution in [0.3, 0.4) is 0 Å². The van der Waals surface area contributed by atoms with Crippen molar-refractivity contribution >= 4 is 17.1 Å². The molecule has 1 atom stereocenters. The number of carbonyl (C=O) groups excluding carboxylic acids is 1. The van der Waals surface area contributed by atoms with Gasteiger partial charge in [0.2, 0.25) is 0 Å². The van der Waals surface area contributed by atoms with E-state index in [4.69, 9.17) is 4.42 Å². The average Bonchev–Trinajstić information content (AvgIpc) is 2.91. The zero-order valence-electron chi connectivity index (χ0n) is 10.8. The second-order valence-electron chi connectivity index (χ2n) is 4.69. The molecule has 0 saturated carbocycles. The van der Waals surface area contributed by atoms with Gasteiger partial charge in [-0.1, -0.05) is 6.07 Å². The number of aryl methyl sites for hydroxylation is 1. The first-order valence-corrected chi connectivity index (χ1v) is 6.25. The largest absolute Gasteiger partial charge is 0.419 e. The molecule has 2 aromatic rings. The highest BCUT2D eigenvalue weighted by molar-refractivity contribution is 5.78. The number of nitrogens with zero attached hydrogens (tertiary/aromatic N) is 2. The molecule has 1 aromatic heterocycles. The maximum atomic E-state index is 11.7. The Morgan fingerprint density at radius 2 is 2.21 bits per heavy atom. The minimum atomic E-state index is -0.377. The molecule has 1 fully saturated rings. The van der Waals surface area contributed by atoms with Crippen LogP contribution in [0.25, 0.3) is 11.1 Å². The number of aromatic nitrogens is 1. The number of carbonyl (C=O) groups is 1. The van der Waals surface area contributed by atoms with Crippen LogP contribution in [0.2, 0.25) is 0 Å². The minimum absolute atomic E-state index is 0.0400. The van der Waals surface area contributed by atoms with Gasteiger partial charge in [-0.25, -0.2) is 9.59 Å². The number of nitrogens with one attached hydrogen (secondary N) is 1. The molecule has 6 heteroatoms. The van der Waals surface area contributed by atoms with E-state index in [1.165, 1.54) is 4.57 Å². The molecule has 3 rings (SSSR count). The Morgan fingerprint density at radius 1 is 1.42 bits per heavy atom. The molecule has 2 amide bonds. The van der Waals surface area contributed by atoms with Gasteiger partial charge in [0, 0.05) is 20.1 Å². The first kappa shape index (κ1) is 11.8. The van der Waals surface area contributed by atoms with Crippen LogP contribution in [0.4, 0.5) is 4.79 Å². The van der Waals surface area contributed by atoms with E-state index >= 15 is 0 Å². The molecule has 1 unspecified atom stereocenters. The summed E-state index contributed by atoms with van der Waals surface area (Å²) in [7, 11) is 1.67. The molecule has 6 nitrogen and oxygen atoms in total. The maximum absolute atomic E-state index is 11.7. The smallest absolute Gasteiger partial charge is 0.408 e. The van der Waals surface area contributed by atoms with Crippen molar-refractivity contribution in [2.75, 3.05) is 13.1 Å². The second-order valence-corrected chi connectivity index (χ2v) is 4.69. The molecule has 0 bridgehead atoms. The summed E-state index contributed by atoms with van der Waals surface area (Å²) in [5.41, 5.74) is 2.29. The van der Waals surface area contributed by atoms with Gasteiger partial charge in [-0.3, -0.25) is 4.57 Å². The Kier molecular flexibility index (Phi) is 2.58. The summed E-state index contributed by atoms with van der Waals surface area (Å²) in [5, 5.41) is 2.93. The molecule has 100 valence electrons. The number of likely N-dealkylation sites (N-methyl/N-ethyl adjacent to an activating group) is 1. The van der Waals surface area contributed by atoms with Gasteiger partial charge in [0.15, 0.2) is 5.58 Å². The van der Waals surface area contributed by atoms with Gasteiger partial charge in [-0.15, -0.1) is 0 Å². The average molecular weight is 261 g/mol. The van der Waals surface area contributed by atoms with Crippen LogP contribution in [0.1, 0.15) is 18.5 Å². The number of amides is 2. The fourth-order valence-electron chi connectivity index (χ4n) is 2.41. The van der Waals surface area contributed by atoms with Crippen LogP contribution >= 0.6 is 0 Å². The minimum Gasteiger partial charge on any atom is -0.408 e. The Balaban J connectivity index is 2.00. The second kappa shape index (κ2) is 4.15. The molecule has 1 saturated heterocycles. The number of hydrogen-bond donors (Lipinski definition) is 1. The van der Waals surface area contributed by atoms with E-state index in [0.29, 0.717) is 18.7 Å². The molecule has 0 spiro atoms. The van der Waals surface area contributed by atoms with Crippen LogP contribution < -0.4 is 11.1 Å². The predicted molar refractivity (Wildman–Crippen MR) is 70.0 cm³/mol. The highest BCUT2D eigenvalue weighted by Crippen LogP contribution is 2.23. The van der Waals surface area contributed by atoms with Gasteiger partial charge in [0.1, 0.15) is 0 Å². The normalized spacial score (nSPS) is 19.2. The van der Waals surface area contributed by atoms with E-state index in [1.807, 2.05) is 19.1 Å². The Hall–Kier alpha value is -2.24. The van der Waals surface area contributed by atoms with Crippen molar-refractivity contribution < 1.29 is 9.21 Å². The number of benzene rings is 1. The monoisotopic (exact) mass is 261 g/mol. The predicted octanol–water partition coefficient (Wildman–Crippen LogP) is 1.22. The van der Waals surface area contributed by atoms with Crippen molar-refractivity contribution in [2.24, 2.45) is 7.05 Å². The van der Waals surface area contributed by atoms with Crippen molar-refractivity contribution in [1.29, 1.82) is 0 Å². The van der Waals surface area contributed by atoms with Crippen LogP contribution in [-0.4, -0.2) is 28.6 Å². The molecule has 1 aromatic carbocycles. The SMILES string of the molecule is CCN1CC(c2ccc3oc(=O)n(C)c3c2)NC1=O. The van der Waals surface area contributed by atoms with Crippen molar-refractivity contribution in [1.82, 2.24) is 14.8 Å². The lowest BCUT2D eigenvalue weighted by Crippen LogP contribution is -2.27. The van der Waals surface area contributed by atoms with E-state index in [-0.39, 0.29) is 17.8 Å². The van der Waals surface area contributed by atoms with Gasteiger partial charge in [0.05, 0.1) is 11.6 Å². The summed E-state index contributed by atoms with van der Waals surface area (Å²) < 4.78 is 6.55. The summed E-state index contributed by atoms with van der Waals surface area (Å²) in [6.07, 6.45) is 0. The molecule has 2 heterocycles. The van der Waals surface area contributed by atoms with Crippen molar-refractivity contribution in [2.45, 2.75) is 13.0 Å². The van der Waals surface area contributed by atoms with Gasteiger partial charge in [-0.05, 0) is 24.6 Å². The van der Waals surface area contributed by atoms with E-state index in [2.05, 4.69) is 5.32 Å². The molecule has 1 aliphatic heterocycles. The summed E-state index contributed by atoms with van der Waals surface area (Å²) in [6.45, 7) is 3.28. The molecular formula is C13H15N3O3. The topological polar surface area (TPSA) is 67.5 Å². The van der Waals surface area contributed by atoms with Crippen LogP contribution in [-0.2, 0) is 7.05 Å². The molecule has 1 N–H and O–H groups in total. The zero-order chi connectivity index (χ0) is 13.6. The lowest BCUT2D eigenvalue weighted by Gasteiger charge is -2.11. The maximum Gasteiger partial charge on any atom is 0.419 e. The van der Waals surface area contributed by atoms with Crippen molar-refractivity contribution in [3.63, 3.8) is 0 Å². The van der Waals surface area contributed by atoms with Gasteiger partial charge in [0.25, 0.3) is 0 Å². The summed E-state index contributed by atoms with van der Waals surface area (Å²) in [5.74, 6) is -0.377. The molecular weight excluding hydrogens is 246 g/mol. The summed E-state index contributed by atoms with van der Waals surface area (Å²) in [4.78, 5) is 24.9. The fourth-order valence-corrected chi connectivity index (χ4v) is 2.41. The number of oxazole rings is 1. The van der Waals surface area contributed by atoms with E-state index < -0.39 is 0 Å². The Bertz CT molecular complexity index is 701. The van der Waals surface area contributed by atoms with E-state index in [1.54, 1.807) is 18.0 Å². The summed E-state index contributed by atoms with van der Waals surface area (Å²) in [6, 6.07) is 5.46. The van der Waals surface area contributed by atoms with Crippen LogP contribution in [0.5, 0.6) is 0 Å². The highest BCUT2D eigenvalue weighted by atomic mass is 16.4. The van der Waals surface area contributed by atoms with Gasteiger partial charge >= 0.3 is 11.8 Å². The van der Waals surface area contributed by atoms with E-state index in [0.717, 1.165) is 11.1 Å². The quantitative estimate of drug-likeness (QED) is 0.883. The Labute approximate surface area is 109 Å². The number of urea groups is 1. The molecule has 0 aliphatic carbocycles. The highest BCUT2D eigenvalue weighted by Gasteiger charge is 2.28. The van der Waals surface area contributed by atoms with Crippen molar-refractivity contribution in [3.05, 3.63) is 34.3 Å². The van der Waals surface area contributed by atoms with E-state index in [9.17, 15) is 9.59 Å². The fraction of sp³-hybridized carbons (Fsp3) is 0.385. The van der Waals surface area contributed by atoms with Crippen LogP contribution in [0.15, 0.2) is 27.4 Å². The van der Waals surface area contributed by atoms with Crippen LogP contribution in [0, 0.1) is 0 Å². The number of fused-ring (bicyclic) bond motifs is 1. The third-order valence-electron chi connectivity index (χ3n) is 3.59. The molecule has 1 aliphatic rings. The number of hydrogen-bond acceptors (Lipinski definition) is 3. The number of rotatable bonds is 2. The standard InChI is InChI=1S/C13H15N3O3/c1-3-16-7-9(14-12(16)17)8-4-5-11-10(6-8)15(2)13(18)19-11/h4-6,9H,3,7H2,1-2H3,(H,14,17). The summed E-state index contributed by atoms with van der Waals surface area (Å²) >= 11 is 0. The Morgan fingerprint density at radius 3 is 2.89 bits per heavy atom. The molecule has 0 radical (unpaired) electrons. The van der Waals surface area contributed by atoms with Gasteiger partial charge in [-0.2, -0.15) is 0 Å². The lowest BCUT2D eigenvalue weighted by atomic mass is 10.1. The zero-order valence-corrected chi connectivity index (χ0v) is 10.8. The first-order valence-electron chi connectivity index (χ1n) is 6.25.